The van der Waals surface area contributed by atoms with Crippen LogP contribution in [-0.2, 0) is 4.84 Å². The van der Waals surface area contributed by atoms with Crippen LogP contribution < -0.4 is 5.73 Å². The van der Waals surface area contributed by atoms with Gasteiger partial charge in [-0.25, -0.2) is 0 Å². The normalized spacial score (nSPS) is 26.5. The molecule has 3 nitrogen and oxygen atoms in total. The van der Waals surface area contributed by atoms with Gasteiger partial charge >= 0.3 is 0 Å². The lowest BCUT2D eigenvalue weighted by molar-refractivity contribution is 0.120. The van der Waals surface area contributed by atoms with Crippen molar-refractivity contribution in [2.45, 2.75) is 12.5 Å². The summed E-state index contributed by atoms with van der Waals surface area (Å²) in [5.74, 6) is 0.551. The molecule has 1 rings (SSSR count). The van der Waals surface area contributed by atoms with Gasteiger partial charge in [0.1, 0.15) is 5.84 Å². The molecule has 0 saturated carbocycles. The van der Waals surface area contributed by atoms with Gasteiger partial charge in [-0.2, -0.15) is 0 Å². The van der Waals surface area contributed by atoms with Crippen LogP contribution in [0, 0.1) is 0 Å². The average Bonchev–Trinajstić information content (AvgIpc) is 2.14. The van der Waals surface area contributed by atoms with Crippen LogP contribution in [0.2, 0.25) is 0 Å². The summed E-state index contributed by atoms with van der Waals surface area (Å²) in [6.07, 6.45) is 2.38. The fraction of sp³-hybridized carbons (Fsp3) is 0.400. The summed E-state index contributed by atoms with van der Waals surface area (Å²) in [5, 5.41) is 3.51. The Balaban J connectivity index is 2.43. The fourth-order valence-corrected chi connectivity index (χ4v) is 0.542. The zero-order valence-electron chi connectivity index (χ0n) is 4.50. The second-order valence-corrected chi connectivity index (χ2v) is 1.67. The van der Waals surface area contributed by atoms with Crippen LogP contribution in [-0.4, -0.2) is 11.9 Å². The molecule has 8 heavy (non-hydrogen) atoms. The van der Waals surface area contributed by atoms with Crippen LogP contribution in [0.15, 0.2) is 17.8 Å². The SMILES string of the molecule is C=CC1CC(N)=NO1. The lowest BCUT2D eigenvalue weighted by Gasteiger charge is -1.95. The molecule has 0 aliphatic carbocycles. The minimum atomic E-state index is 0.00926. The lowest BCUT2D eigenvalue weighted by atomic mass is 10.2. The Labute approximate surface area is 47.8 Å². The Kier molecular flexibility index (Phi) is 1.20. The topological polar surface area (TPSA) is 47.6 Å². The third kappa shape index (κ3) is 0.804. The van der Waals surface area contributed by atoms with Gasteiger partial charge in [-0.15, -0.1) is 0 Å². The van der Waals surface area contributed by atoms with Gasteiger partial charge in [0.05, 0.1) is 6.42 Å². The van der Waals surface area contributed by atoms with E-state index in [0.717, 1.165) is 0 Å². The van der Waals surface area contributed by atoms with Crippen molar-refractivity contribution in [1.29, 1.82) is 0 Å². The highest BCUT2D eigenvalue weighted by Gasteiger charge is 2.13. The largest absolute Gasteiger partial charge is 0.386 e. The molecule has 1 aliphatic heterocycles. The predicted octanol–water partition coefficient (Wildman–Crippen LogP) is 0.234. The molecule has 44 valence electrons. The summed E-state index contributed by atoms with van der Waals surface area (Å²) in [4.78, 5) is 4.76. The fourth-order valence-electron chi connectivity index (χ4n) is 0.542. The molecule has 1 aliphatic rings. The molecule has 3 heteroatoms. The molecule has 1 unspecified atom stereocenters. The number of nitrogens with two attached hydrogens (primary N) is 1. The first kappa shape index (κ1) is 5.15. The summed E-state index contributed by atoms with van der Waals surface area (Å²) in [6.45, 7) is 3.52. The number of amidine groups is 1. The van der Waals surface area contributed by atoms with Gasteiger partial charge in [-0.05, 0) is 6.08 Å². The van der Waals surface area contributed by atoms with E-state index < -0.39 is 0 Å². The highest BCUT2D eigenvalue weighted by atomic mass is 16.6. The third-order valence-corrected chi connectivity index (χ3v) is 0.979. The van der Waals surface area contributed by atoms with Crippen molar-refractivity contribution in [3.63, 3.8) is 0 Å². The van der Waals surface area contributed by atoms with Crippen LogP contribution in [0.5, 0.6) is 0 Å². The summed E-state index contributed by atoms with van der Waals surface area (Å²) in [5.41, 5.74) is 5.28. The molecule has 1 heterocycles. The molecule has 2 N–H and O–H groups in total. The number of hydrogen-bond donors (Lipinski definition) is 1. The van der Waals surface area contributed by atoms with Gasteiger partial charge in [0.15, 0.2) is 6.10 Å². The van der Waals surface area contributed by atoms with Crippen molar-refractivity contribution in [1.82, 2.24) is 0 Å². The average molecular weight is 112 g/mol. The van der Waals surface area contributed by atoms with Crippen molar-refractivity contribution in [2.75, 3.05) is 0 Å². The number of rotatable bonds is 1. The number of oxime groups is 1. The van der Waals surface area contributed by atoms with Crippen molar-refractivity contribution in [3.05, 3.63) is 12.7 Å². The molecule has 0 bridgehead atoms. The molecule has 0 aromatic heterocycles. The van der Waals surface area contributed by atoms with E-state index in [1.54, 1.807) is 6.08 Å². The first-order valence-electron chi connectivity index (χ1n) is 2.43. The van der Waals surface area contributed by atoms with Crippen molar-refractivity contribution in [3.8, 4) is 0 Å². The van der Waals surface area contributed by atoms with Gasteiger partial charge in [-0.1, -0.05) is 11.7 Å². The number of nitrogens with zero attached hydrogens (tertiary/aromatic N) is 1. The standard InChI is InChI=1S/C5H8N2O/c1-2-4-3-5(6)7-8-4/h2,4H,1,3H2,(H2,6,7). The molecule has 1 atom stereocenters. The monoisotopic (exact) mass is 112 g/mol. The molecule has 0 spiro atoms. The van der Waals surface area contributed by atoms with Crippen molar-refractivity contribution in [2.24, 2.45) is 10.9 Å². The lowest BCUT2D eigenvalue weighted by Crippen LogP contribution is -2.11. The van der Waals surface area contributed by atoms with Gasteiger partial charge < -0.3 is 10.6 Å². The molecular formula is C5H8N2O. The van der Waals surface area contributed by atoms with Crippen LogP contribution in [0.1, 0.15) is 6.42 Å². The smallest absolute Gasteiger partial charge is 0.152 e. The molecule has 0 amide bonds. The van der Waals surface area contributed by atoms with Crippen LogP contribution >= 0.6 is 0 Å². The first-order valence-corrected chi connectivity index (χ1v) is 2.43. The second-order valence-electron chi connectivity index (χ2n) is 1.67. The number of hydrogen-bond acceptors (Lipinski definition) is 3. The summed E-state index contributed by atoms with van der Waals surface area (Å²) in [7, 11) is 0. The third-order valence-electron chi connectivity index (χ3n) is 0.979. The first-order chi connectivity index (χ1) is 3.83. The highest BCUT2D eigenvalue weighted by molar-refractivity contribution is 5.81. The Morgan fingerprint density at radius 2 is 2.75 bits per heavy atom. The minimum absolute atomic E-state index is 0.00926. The van der Waals surface area contributed by atoms with E-state index in [-0.39, 0.29) is 6.10 Å². The predicted molar refractivity (Wildman–Crippen MR) is 31.3 cm³/mol. The van der Waals surface area contributed by atoms with Crippen LogP contribution in [0.3, 0.4) is 0 Å². The maximum Gasteiger partial charge on any atom is 0.152 e. The van der Waals surface area contributed by atoms with E-state index >= 15 is 0 Å². The van der Waals surface area contributed by atoms with Gasteiger partial charge in [-0.3, -0.25) is 0 Å². The second kappa shape index (κ2) is 1.86. The molecule has 0 fully saturated rings. The Morgan fingerprint density at radius 1 is 2.00 bits per heavy atom. The Hall–Kier alpha value is -0.990. The van der Waals surface area contributed by atoms with Gasteiger partial charge in [0, 0.05) is 0 Å². The zero-order valence-corrected chi connectivity index (χ0v) is 4.50. The molecular weight excluding hydrogens is 104 g/mol. The quantitative estimate of drug-likeness (QED) is 0.494. The van der Waals surface area contributed by atoms with E-state index in [1.165, 1.54) is 0 Å². The minimum Gasteiger partial charge on any atom is -0.386 e. The summed E-state index contributed by atoms with van der Waals surface area (Å²) < 4.78 is 0. The van der Waals surface area contributed by atoms with E-state index in [2.05, 4.69) is 11.7 Å². The van der Waals surface area contributed by atoms with Crippen molar-refractivity contribution >= 4 is 5.84 Å². The maximum absolute atomic E-state index is 5.28. The van der Waals surface area contributed by atoms with Crippen LogP contribution in [0.25, 0.3) is 0 Å². The van der Waals surface area contributed by atoms with Crippen molar-refractivity contribution < 1.29 is 4.84 Å². The molecule has 0 radical (unpaired) electrons. The summed E-state index contributed by atoms with van der Waals surface area (Å²) in [6, 6.07) is 0. The maximum atomic E-state index is 5.28. The molecule has 0 aromatic rings. The van der Waals surface area contributed by atoms with E-state index in [0.29, 0.717) is 12.3 Å². The highest BCUT2D eigenvalue weighted by Crippen LogP contribution is 2.06. The Morgan fingerprint density at radius 3 is 3.00 bits per heavy atom. The van der Waals surface area contributed by atoms with E-state index in [1.807, 2.05) is 0 Å². The van der Waals surface area contributed by atoms with E-state index in [9.17, 15) is 0 Å². The zero-order chi connectivity index (χ0) is 5.98. The van der Waals surface area contributed by atoms with Crippen LogP contribution in [0.4, 0.5) is 0 Å². The van der Waals surface area contributed by atoms with Gasteiger partial charge in [0.25, 0.3) is 0 Å². The van der Waals surface area contributed by atoms with E-state index in [4.69, 9.17) is 10.6 Å². The van der Waals surface area contributed by atoms with Gasteiger partial charge in [0.2, 0.25) is 0 Å². The molecule has 0 aromatic carbocycles. The molecule has 0 saturated heterocycles. The summed E-state index contributed by atoms with van der Waals surface area (Å²) >= 11 is 0. The Bertz CT molecular complexity index is 130.